The van der Waals surface area contributed by atoms with E-state index in [1.807, 2.05) is 0 Å². The maximum absolute atomic E-state index is 13.2. The molecule has 2 rings (SSSR count). The normalized spacial score (nSPS) is 18.2. The molecule has 7 heteroatoms. The van der Waals surface area contributed by atoms with Crippen molar-refractivity contribution in [2.45, 2.75) is 39.2 Å². The van der Waals surface area contributed by atoms with Crippen LogP contribution < -0.4 is 5.32 Å². The number of rotatable bonds is 2. The largest absolute Gasteiger partial charge is 0.444 e. The highest BCUT2D eigenvalue weighted by atomic mass is 19.2. The number of nitrogens with one attached hydrogen (secondary N) is 1. The third-order valence-corrected chi connectivity index (χ3v) is 3.63. The van der Waals surface area contributed by atoms with Gasteiger partial charge in [-0.25, -0.2) is 13.6 Å². The summed E-state index contributed by atoms with van der Waals surface area (Å²) in [5.41, 5.74) is -0.411. The molecule has 1 saturated heterocycles. The molecular weight excluding hydrogens is 318 g/mol. The highest BCUT2D eigenvalue weighted by molar-refractivity contribution is 5.93. The molecule has 1 unspecified atom stereocenters. The van der Waals surface area contributed by atoms with Crippen LogP contribution in [0.5, 0.6) is 0 Å². The lowest BCUT2D eigenvalue weighted by atomic mass is 9.97. The third kappa shape index (κ3) is 4.91. The lowest BCUT2D eigenvalue weighted by Crippen LogP contribution is -2.45. The molecule has 1 aliphatic rings. The van der Waals surface area contributed by atoms with Gasteiger partial charge in [0.05, 0.1) is 5.92 Å². The second kappa shape index (κ2) is 7.15. The Hall–Kier alpha value is -2.18. The number of hydrogen-bond acceptors (Lipinski definition) is 3. The maximum Gasteiger partial charge on any atom is 0.410 e. The zero-order chi connectivity index (χ0) is 17.9. The molecule has 0 radical (unpaired) electrons. The lowest BCUT2D eigenvalue weighted by molar-refractivity contribution is -0.121. The first kappa shape index (κ1) is 18.2. The summed E-state index contributed by atoms with van der Waals surface area (Å²) in [5, 5.41) is 2.56. The highest BCUT2D eigenvalue weighted by Crippen LogP contribution is 2.21. The van der Waals surface area contributed by atoms with E-state index in [9.17, 15) is 18.4 Å². The Labute approximate surface area is 140 Å². The molecule has 0 bridgehead atoms. The van der Waals surface area contributed by atoms with Crippen LogP contribution in [0.3, 0.4) is 0 Å². The van der Waals surface area contributed by atoms with Crippen LogP contribution in [0, 0.1) is 17.6 Å². The number of carbonyl (C=O) groups excluding carboxylic acids is 2. The molecule has 0 saturated carbocycles. The minimum absolute atomic E-state index is 0.188. The molecule has 5 nitrogen and oxygen atoms in total. The molecule has 1 heterocycles. The molecule has 132 valence electrons. The summed E-state index contributed by atoms with van der Waals surface area (Å²) in [4.78, 5) is 25.9. The van der Waals surface area contributed by atoms with Crippen molar-refractivity contribution in [3.8, 4) is 0 Å². The summed E-state index contributed by atoms with van der Waals surface area (Å²) in [6.45, 7) is 6.11. The van der Waals surface area contributed by atoms with Crippen molar-refractivity contribution in [3.63, 3.8) is 0 Å². The van der Waals surface area contributed by atoms with Gasteiger partial charge in [-0.1, -0.05) is 0 Å². The highest BCUT2D eigenvalue weighted by Gasteiger charge is 2.31. The van der Waals surface area contributed by atoms with Crippen molar-refractivity contribution in [2.24, 2.45) is 5.92 Å². The van der Waals surface area contributed by atoms with E-state index >= 15 is 0 Å². The van der Waals surface area contributed by atoms with Crippen LogP contribution in [0.4, 0.5) is 19.3 Å². The van der Waals surface area contributed by atoms with E-state index < -0.39 is 29.2 Å². The zero-order valence-corrected chi connectivity index (χ0v) is 14.1. The number of halogens is 2. The number of nitrogens with zero attached hydrogens (tertiary/aromatic N) is 1. The average molecular weight is 340 g/mol. The van der Waals surface area contributed by atoms with Gasteiger partial charge in [-0.3, -0.25) is 4.79 Å². The summed E-state index contributed by atoms with van der Waals surface area (Å²) in [6.07, 6.45) is 0.844. The Morgan fingerprint density at radius 2 is 1.96 bits per heavy atom. The molecule has 24 heavy (non-hydrogen) atoms. The topological polar surface area (TPSA) is 58.6 Å². The molecule has 0 aromatic heterocycles. The van der Waals surface area contributed by atoms with E-state index in [0.29, 0.717) is 19.4 Å². The van der Waals surface area contributed by atoms with Gasteiger partial charge in [0.25, 0.3) is 0 Å². The van der Waals surface area contributed by atoms with Gasteiger partial charge in [0.1, 0.15) is 5.60 Å². The first-order valence-corrected chi connectivity index (χ1v) is 7.89. The monoisotopic (exact) mass is 340 g/mol. The number of likely N-dealkylation sites (tertiary alicyclic amines) is 1. The second-order valence-electron chi connectivity index (χ2n) is 6.88. The molecule has 1 aromatic carbocycles. The minimum Gasteiger partial charge on any atom is -0.444 e. The number of amides is 2. The van der Waals surface area contributed by atoms with Gasteiger partial charge in [0.15, 0.2) is 11.6 Å². The molecule has 1 aliphatic heterocycles. The van der Waals surface area contributed by atoms with Gasteiger partial charge in [-0.2, -0.15) is 0 Å². The van der Waals surface area contributed by atoms with Crippen molar-refractivity contribution in [1.82, 2.24) is 4.90 Å². The molecule has 0 aliphatic carbocycles. The number of anilines is 1. The Bertz CT molecular complexity index is 629. The molecule has 1 aromatic rings. The van der Waals surface area contributed by atoms with Gasteiger partial charge in [0.2, 0.25) is 5.91 Å². The molecule has 2 amide bonds. The fraction of sp³-hybridized carbons (Fsp3) is 0.529. The van der Waals surface area contributed by atoms with E-state index in [2.05, 4.69) is 5.32 Å². The Kier molecular flexibility index (Phi) is 5.41. The van der Waals surface area contributed by atoms with Crippen molar-refractivity contribution in [3.05, 3.63) is 29.8 Å². The summed E-state index contributed by atoms with van der Waals surface area (Å²) < 4.78 is 31.4. The first-order valence-electron chi connectivity index (χ1n) is 7.89. The zero-order valence-electron chi connectivity index (χ0n) is 14.1. The van der Waals surface area contributed by atoms with E-state index in [-0.39, 0.29) is 18.1 Å². The van der Waals surface area contributed by atoms with Gasteiger partial charge >= 0.3 is 6.09 Å². The maximum atomic E-state index is 13.2. The van der Waals surface area contributed by atoms with E-state index in [1.165, 1.54) is 11.0 Å². The summed E-state index contributed by atoms with van der Waals surface area (Å²) in [5.74, 6) is -2.73. The number of carbonyl (C=O) groups is 2. The second-order valence-corrected chi connectivity index (χ2v) is 6.88. The van der Waals surface area contributed by atoms with Crippen LogP contribution in [0.25, 0.3) is 0 Å². The predicted molar refractivity (Wildman–Crippen MR) is 85.5 cm³/mol. The predicted octanol–water partition coefficient (Wildman–Crippen LogP) is 3.55. The minimum atomic E-state index is -1.02. The number of piperidine rings is 1. The van der Waals surface area contributed by atoms with Crippen molar-refractivity contribution >= 4 is 17.7 Å². The van der Waals surface area contributed by atoms with Crippen LogP contribution in [-0.4, -0.2) is 35.6 Å². The van der Waals surface area contributed by atoms with E-state index in [4.69, 9.17) is 4.74 Å². The van der Waals surface area contributed by atoms with Gasteiger partial charge in [0, 0.05) is 24.8 Å². The molecule has 1 N–H and O–H groups in total. The fourth-order valence-corrected chi connectivity index (χ4v) is 2.50. The number of hydrogen-bond donors (Lipinski definition) is 1. The van der Waals surface area contributed by atoms with Crippen molar-refractivity contribution < 1.29 is 23.1 Å². The van der Waals surface area contributed by atoms with Gasteiger partial charge in [-0.15, -0.1) is 0 Å². The van der Waals surface area contributed by atoms with Crippen LogP contribution in [-0.2, 0) is 9.53 Å². The Morgan fingerprint density at radius 1 is 1.25 bits per heavy atom. The average Bonchev–Trinajstić information content (AvgIpc) is 2.49. The summed E-state index contributed by atoms with van der Waals surface area (Å²) in [6, 6.07) is 3.19. The summed E-state index contributed by atoms with van der Waals surface area (Å²) in [7, 11) is 0. The van der Waals surface area contributed by atoms with Crippen LogP contribution in [0.2, 0.25) is 0 Å². The number of ether oxygens (including phenoxy) is 1. The molecule has 1 fully saturated rings. The number of benzene rings is 1. The van der Waals surface area contributed by atoms with Crippen molar-refractivity contribution in [1.29, 1.82) is 0 Å². The van der Waals surface area contributed by atoms with E-state index in [1.54, 1.807) is 20.8 Å². The summed E-state index contributed by atoms with van der Waals surface area (Å²) >= 11 is 0. The fourth-order valence-electron chi connectivity index (χ4n) is 2.50. The molecule has 1 atom stereocenters. The Balaban J connectivity index is 1.97. The van der Waals surface area contributed by atoms with E-state index in [0.717, 1.165) is 12.1 Å². The standard InChI is InChI=1S/C17H22F2N2O3/c1-17(2,3)24-16(23)21-8-4-5-11(10-21)15(22)20-12-6-7-13(18)14(19)9-12/h6-7,9,11H,4-5,8,10H2,1-3H3,(H,20,22). The van der Waals surface area contributed by atoms with Crippen molar-refractivity contribution in [2.75, 3.05) is 18.4 Å². The van der Waals surface area contributed by atoms with Gasteiger partial charge in [-0.05, 0) is 45.7 Å². The van der Waals surface area contributed by atoms with Crippen LogP contribution in [0.1, 0.15) is 33.6 Å². The smallest absolute Gasteiger partial charge is 0.410 e. The lowest BCUT2D eigenvalue weighted by Gasteiger charge is -2.33. The Morgan fingerprint density at radius 3 is 2.58 bits per heavy atom. The van der Waals surface area contributed by atoms with Crippen LogP contribution >= 0.6 is 0 Å². The SMILES string of the molecule is CC(C)(C)OC(=O)N1CCCC(C(=O)Nc2ccc(F)c(F)c2)C1. The molecule has 0 spiro atoms. The van der Waals surface area contributed by atoms with Crippen LogP contribution in [0.15, 0.2) is 18.2 Å². The molecular formula is C17H22F2N2O3. The quantitative estimate of drug-likeness (QED) is 0.896. The third-order valence-electron chi connectivity index (χ3n) is 3.63. The van der Waals surface area contributed by atoms with Gasteiger partial charge < -0.3 is 15.0 Å². The first-order chi connectivity index (χ1) is 11.2.